The molecule has 0 aromatic carbocycles. The van der Waals surface area contributed by atoms with E-state index >= 15 is 0 Å². The van der Waals surface area contributed by atoms with Crippen LogP contribution in [0.4, 0.5) is 0 Å². The van der Waals surface area contributed by atoms with E-state index in [1.807, 2.05) is 0 Å². The Hall–Kier alpha value is -0.0400. The molecule has 1 nitrogen and oxygen atoms in total. The summed E-state index contributed by atoms with van der Waals surface area (Å²) in [6.07, 6.45) is 24.6. The summed E-state index contributed by atoms with van der Waals surface area (Å²) in [5, 5.41) is 0. The average molecular weight is 394 g/mol. The van der Waals surface area contributed by atoms with E-state index in [1.165, 1.54) is 129 Å². The Labute approximate surface area is 179 Å². The van der Waals surface area contributed by atoms with Crippen molar-refractivity contribution in [2.45, 2.75) is 137 Å². The minimum Gasteiger partial charge on any atom is -0.303 e. The third-order valence-electron chi connectivity index (χ3n) is 7.29. The van der Waals surface area contributed by atoms with Gasteiger partial charge in [0.15, 0.2) is 0 Å². The molecular weight excluding hydrogens is 338 g/mol. The topological polar surface area (TPSA) is 3.24 Å². The Bertz CT molecular complexity index is 318. The van der Waals surface area contributed by atoms with Gasteiger partial charge in [0.05, 0.1) is 0 Å². The molecule has 0 aromatic rings. The first kappa shape index (κ1) is 26.0. The number of hydrogen-bond donors (Lipinski definition) is 0. The van der Waals surface area contributed by atoms with E-state index in [2.05, 4.69) is 32.6 Å². The highest BCUT2D eigenvalue weighted by atomic mass is 15.1. The lowest BCUT2D eigenvalue weighted by atomic mass is 9.86. The van der Waals surface area contributed by atoms with Crippen LogP contribution in [0.25, 0.3) is 0 Å². The van der Waals surface area contributed by atoms with Crippen molar-refractivity contribution in [2.75, 3.05) is 19.6 Å². The number of likely N-dealkylation sites (tertiary alicyclic amines) is 1. The lowest BCUT2D eigenvalue weighted by Crippen LogP contribution is -2.37. The summed E-state index contributed by atoms with van der Waals surface area (Å²) in [6, 6.07) is 0. The fraction of sp³-hybridized carbons (Fsp3) is 1.00. The van der Waals surface area contributed by atoms with Gasteiger partial charge >= 0.3 is 0 Å². The van der Waals surface area contributed by atoms with Gasteiger partial charge in [-0.2, -0.15) is 0 Å². The third kappa shape index (κ3) is 12.5. The lowest BCUT2D eigenvalue weighted by molar-refractivity contribution is 0.146. The molecule has 0 bridgehead atoms. The van der Waals surface area contributed by atoms with Gasteiger partial charge < -0.3 is 4.90 Å². The Morgan fingerprint density at radius 2 is 1.18 bits per heavy atom. The molecule has 1 fully saturated rings. The van der Waals surface area contributed by atoms with Crippen molar-refractivity contribution in [1.82, 2.24) is 4.90 Å². The van der Waals surface area contributed by atoms with Gasteiger partial charge in [0.25, 0.3) is 0 Å². The fourth-order valence-electron chi connectivity index (χ4n) is 5.35. The maximum Gasteiger partial charge on any atom is 0.000966 e. The van der Waals surface area contributed by atoms with Crippen molar-refractivity contribution in [1.29, 1.82) is 0 Å². The van der Waals surface area contributed by atoms with Crippen LogP contribution < -0.4 is 0 Å². The SMILES string of the molecule is CCCCCC(CCCC)CN1CCC(CCCC(CCC)CCCC)CC1. The van der Waals surface area contributed by atoms with Crippen LogP contribution in [0.2, 0.25) is 0 Å². The first-order chi connectivity index (χ1) is 13.7. The third-order valence-corrected chi connectivity index (χ3v) is 7.29. The summed E-state index contributed by atoms with van der Waals surface area (Å²) in [7, 11) is 0. The number of nitrogens with zero attached hydrogens (tertiary/aromatic N) is 1. The van der Waals surface area contributed by atoms with E-state index in [4.69, 9.17) is 0 Å². The first-order valence-corrected chi connectivity index (χ1v) is 13.5. The first-order valence-electron chi connectivity index (χ1n) is 13.5. The monoisotopic (exact) mass is 393 g/mol. The molecule has 2 atom stereocenters. The van der Waals surface area contributed by atoms with Crippen molar-refractivity contribution in [3.8, 4) is 0 Å². The molecule has 1 saturated heterocycles. The van der Waals surface area contributed by atoms with Crippen molar-refractivity contribution < 1.29 is 0 Å². The minimum absolute atomic E-state index is 0.969. The van der Waals surface area contributed by atoms with Crippen LogP contribution in [0.3, 0.4) is 0 Å². The van der Waals surface area contributed by atoms with Crippen LogP contribution in [-0.4, -0.2) is 24.5 Å². The van der Waals surface area contributed by atoms with Gasteiger partial charge in [-0.05, 0) is 56.5 Å². The quantitative estimate of drug-likeness (QED) is 0.210. The molecule has 0 aliphatic carbocycles. The Morgan fingerprint density at radius 1 is 0.607 bits per heavy atom. The molecule has 1 heteroatoms. The molecule has 0 spiro atoms. The molecular formula is C27H55N. The van der Waals surface area contributed by atoms with Gasteiger partial charge in [0, 0.05) is 6.54 Å². The molecule has 1 rings (SSSR count). The van der Waals surface area contributed by atoms with Crippen LogP contribution in [0.1, 0.15) is 137 Å². The van der Waals surface area contributed by atoms with Crippen molar-refractivity contribution in [3.05, 3.63) is 0 Å². The summed E-state index contributed by atoms with van der Waals surface area (Å²) in [5.41, 5.74) is 0. The van der Waals surface area contributed by atoms with Gasteiger partial charge in [-0.1, -0.05) is 111 Å². The molecule has 1 aliphatic rings. The van der Waals surface area contributed by atoms with Gasteiger partial charge in [0.2, 0.25) is 0 Å². The van der Waals surface area contributed by atoms with E-state index in [9.17, 15) is 0 Å². The molecule has 0 radical (unpaired) electrons. The average Bonchev–Trinajstić information content (AvgIpc) is 2.71. The lowest BCUT2D eigenvalue weighted by Gasteiger charge is -2.34. The maximum absolute atomic E-state index is 2.82. The summed E-state index contributed by atoms with van der Waals surface area (Å²) in [5.74, 6) is 3.02. The fourth-order valence-corrected chi connectivity index (χ4v) is 5.35. The highest BCUT2D eigenvalue weighted by Crippen LogP contribution is 2.28. The van der Waals surface area contributed by atoms with Gasteiger partial charge in [-0.3, -0.25) is 0 Å². The highest BCUT2D eigenvalue weighted by molar-refractivity contribution is 4.75. The molecule has 1 heterocycles. The molecule has 0 aromatic heterocycles. The van der Waals surface area contributed by atoms with Crippen LogP contribution in [0.5, 0.6) is 0 Å². The van der Waals surface area contributed by atoms with E-state index in [-0.39, 0.29) is 0 Å². The number of unbranched alkanes of at least 4 members (excludes halogenated alkanes) is 4. The number of hydrogen-bond acceptors (Lipinski definition) is 1. The standard InChI is InChI=1S/C27H55N/c1-5-9-12-17-27(16-11-7-3)24-28-22-20-26(21-23-28)19-13-18-25(14-8-4)15-10-6-2/h25-27H,5-24H2,1-4H3. The predicted octanol–water partition coefficient (Wildman–Crippen LogP) is 8.86. The van der Waals surface area contributed by atoms with Crippen molar-refractivity contribution in [3.63, 3.8) is 0 Å². The van der Waals surface area contributed by atoms with Gasteiger partial charge in [-0.15, -0.1) is 0 Å². The van der Waals surface area contributed by atoms with Crippen molar-refractivity contribution in [2.24, 2.45) is 17.8 Å². The molecule has 0 N–H and O–H groups in total. The zero-order chi connectivity index (χ0) is 20.5. The molecule has 1 aliphatic heterocycles. The van der Waals surface area contributed by atoms with E-state index in [0.717, 1.165) is 17.8 Å². The van der Waals surface area contributed by atoms with Crippen LogP contribution in [-0.2, 0) is 0 Å². The van der Waals surface area contributed by atoms with Crippen molar-refractivity contribution >= 4 is 0 Å². The van der Waals surface area contributed by atoms with Crippen LogP contribution >= 0.6 is 0 Å². The minimum atomic E-state index is 0.969. The molecule has 2 unspecified atom stereocenters. The second-order valence-corrected chi connectivity index (χ2v) is 9.98. The Kier molecular flexibility index (Phi) is 16.5. The molecule has 0 amide bonds. The molecule has 0 saturated carbocycles. The van der Waals surface area contributed by atoms with E-state index < -0.39 is 0 Å². The largest absolute Gasteiger partial charge is 0.303 e. The zero-order valence-electron chi connectivity index (χ0n) is 20.3. The second kappa shape index (κ2) is 17.8. The summed E-state index contributed by atoms with van der Waals surface area (Å²) in [6.45, 7) is 13.6. The second-order valence-electron chi connectivity index (χ2n) is 9.98. The highest BCUT2D eigenvalue weighted by Gasteiger charge is 2.21. The number of rotatable bonds is 18. The smallest absolute Gasteiger partial charge is 0.000966 e. The molecule has 28 heavy (non-hydrogen) atoms. The predicted molar refractivity (Wildman–Crippen MR) is 128 cm³/mol. The van der Waals surface area contributed by atoms with E-state index in [0.29, 0.717) is 0 Å². The normalized spacial score (nSPS) is 18.4. The summed E-state index contributed by atoms with van der Waals surface area (Å²) < 4.78 is 0. The summed E-state index contributed by atoms with van der Waals surface area (Å²) >= 11 is 0. The van der Waals surface area contributed by atoms with Gasteiger partial charge in [-0.25, -0.2) is 0 Å². The number of piperidine rings is 1. The van der Waals surface area contributed by atoms with Gasteiger partial charge in [0.1, 0.15) is 0 Å². The zero-order valence-corrected chi connectivity index (χ0v) is 20.3. The van der Waals surface area contributed by atoms with Crippen LogP contribution in [0.15, 0.2) is 0 Å². The Balaban J connectivity index is 2.23. The van der Waals surface area contributed by atoms with E-state index in [1.54, 1.807) is 0 Å². The Morgan fingerprint density at radius 3 is 1.79 bits per heavy atom. The van der Waals surface area contributed by atoms with Crippen LogP contribution in [0, 0.1) is 17.8 Å². The summed E-state index contributed by atoms with van der Waals surface area (Å²) in [4.78, 5) is 2.82. The molecule has 168 valence electrons. The maximum atomic E-state index is 2.82.